The van der Waals surface area contributed by atoms with E-state index in [0.29, 0.717) is 11.8 Å². The van der Waals surface area contributed by atoms with Gasteiger partial charge in [-0.1, -0.05) is 23.9 Å². The van der Waals surface area contributed by atoms with Gasteiger partial charge in [0.05, 0.1) is 5.56 Å². The normalized spacial score (nSPS) is 26.4. The lowest BCUT2D eigenvalue weighted by atomic mass is 9.97. The smallest absolute Gasteiger partial charge is 0.381 e. The van der Waals surface area contributed by atoms with E-state index in [0.717, 1.165) is 87.2 Å². The summed E-state index contributed by atoms with van der Waals surface area (Å²) >= 11 is 1.77. The summed E-state index contributed by atoms with van der Waals surface area (Å²) in [5.74, 6) is 2.93. The number of benzene rings is 1. The highest BCUT2D eigenvalue weighted by molar-refractivity contribution is 7.99. The van der Waals surface area contributed by atoms with Gasteiger partial charge in [0.25, 0.3) is 0 Å². The first-order valence-electron chi connectivity index (χ1n) is 11.9. The average Bonchev–Trinajstić information content (AvgIpc) is 3.15. The van der Waals surface area contributed by atoms with Crippen LogP contribution in [0.25, 0.3) is 0 Å². The summed E-state index contributed by atoms with van der Waals surface area (Å²) in [5.41, 5.74) is 0.770. The lowest BCUT2D eigenvalue weighted by Crippen LogP contribution is -2.23. The Morgan fingerprint density at radius 2 is 1.91 bits per heavy atom. The van der Waals surface area contributed by atoms with Crippen LogP contribution in [-0.2, 0) is 18.0 Å². The standard InChI is InChI=1S/C24H31F3N4OS/c1-30-21(18-7-12-32-13-8-18)28-29-22(30)33-14-2-10-31-11-9-23(16-31)15-20(23)17-3-5-19(6-4-17)24(25,26)27/h3-6,18,20H,2,7-16H2,1H3/t20-,23-/m1/s1. The van der Waals surface area contributed by atoms with E-state index in [4.69, 9.17) is 4.74 Å². The maximum Gasteiger partial charge on any atom is 0.416 e. The molecule has 0 amide bonds. The van der Waals surface area contributed by atoms with Crippen LogP contribution in [0, 0.1) is 5.41 Å². The first-order valence-corrected chi connectivity index (χ1v) is 12.8. The van der Waals surface area contributed by atoms with Gasteiger partial charge in [0, 0.05) is 38.5 Å². The fourth-order valence-electron chi connectivity index (χ4n) is 5.56. The van der Waals surface area contributed by atoms with Gasteiger partial charge in [-0.15, -0.1) is 10.2 Å². The molecule has 3 fully saturated rings. The Kier molecular flexibility index (Phi) is 6.48. The monoisotopic (exact) mass is 480 g/mol. The third-order valence-corrected chi connectivity index (χ3v) is 8.71. The summed E-state index contributed by atoms with van der Waals surface area (Å²) in [7, 11) is 2.06. The predicted molar refractivity (Wildman–Crippen MR) is 121 cm³/mol. The minimum atomic E-state index is -4.26. The van der Waals surface area contributed by atoms with Crippen molar-refractivity contribution in [1.29, 1.82) is 0 Å². The molecule has 0 N–H and O–H groups in total. The van der Waals surface area contributed by atoms with Crippen molar-refractivity contribution < 1.29 is 17.9 Å². The first kappa shape index (κ1) is 23.2. The lowest BCUT2D eigenvalue weighted by Gasteiger charge is -2.21. The van der Waals surface area contributed by atoms with Crippen LogP contribution in [0.1, 0.15) is 60.9 Å². The van der Waals surface area contributed by atoms with Crippen molar-refractivity contribution in [3.05, 3.63) is 41.2 Å². The van der Waals surface area contributed by atoms with Gasteiger partial charge in [-0.3, -0.25) is 0 Å². The SMILES string of the molecule is Cn1c(SCCCN2CC[C@@]3(C[C@@H]3c3ccc(C(F)(F)F)cc3)C2)nnc1C1CCOCC1. The van der Waals surface area contributed by atoms with Crippen molar-refractivity contribution in [2.45, 2.75) is 55.3 Å². The Balaban J connectivity index is 1.06. The molecule has 180 valence electrons. The average molecular weight is 481 g/mol. The number of hydrogen-bond acceptors (Lipinski definition) is 5. The van der Waals surface area contributed by atoms with Crippen molar-refractivity contribution in [3.8, 4) is 0 Å². The van der Waals surface area contributed by atoms with Gasteiger partial charge >= 0.3 is 6.18 Å². The molecule has 2 aliphatic heterocycles. The zero-order valence-corrected chi connectivity index (χ0v) is 19.8. The number of rotatable bonds is 7. The van der Waals surface area contributed by atoms with E-state index in [9.17, 15) is 13.2 Å². The first-order chi connectivity index (χ1) is 15.9. The van der Waals surface area contributed by atoms with E-state index in [-0.39, 0.29) is 5.41 Å². The highest BCUT2D eigenvalue weighted by Crippen LogP contribution is 2.64. The Bertz CT molecular complexity index is 958. The zero-order chi connectivity index (χ0) is 23.1. The van der Waals surface area contributed by atoms with Gasteiger partial charge in [0.2, 0.25) is 0 Å². The molecule has 1 spiro atoms. The van der Waals surface area contributed by atoms with Crippen molar-refractivity contribution in [2.75, 3.05) is 38.6 Å². The summed E-state index contributed by atoms with van der Waals surface area (Å²) in [4.78, 5) is 2.52. The number of halogens is 3. The molecule has 1 aromatic heterocycles. The number of alkyl halides is 3. The zero-order valence-electron chi connectivity index (χ0n) is 19.0. The fourth-order valence-corrected chi connectivity index (χ4v) is 6.41. The topological polar surface area (TPSA) is 43.2 Å². The molecule has 2 aromatic rings. The number of nitrogens with zero attached hydrogens (tertiary/aromatic N) is 4. The van der Waals surface area contributed by atoms with E-state index < -0.39 is 11.7 Å². The highest BCUT2D eigenvalue weighted by atomic mass is 32.2. The molecule has 1 aliphatic carbocycles. The Labute approximate surface area is 197 Å². The summed E-state index contributed by atoms with van der Waals surface area (Å²) in [6, 6.07) is 5.81. The quantitative estimate of drug-likeness (QED) is 0.408. The van der Waals surface area contributed by atoms with Crippen molar-refractivity contribution in [2.24, 2.45) is 12.5 Å². The van der Waals surface area contributed by atoms with Crippen LogP contribution in [0.3, 0.4) is 0 Å². The maximum absolute atomic E-state index is 12.8. The van der Waals surface area contributed by atoms with E-state index in [1.54, 1.807) is 23.9 Å². The van der Waals surface area contributed by atoms with Crippen molar-refractivity contribution in [1.82, 2.24) is 19.7 Å². The third-order valence-electron chi connectivity index (χ3n) is 7.60. The summed E-state index contributed by atoms with van der Waals surface area (Å²) in [6.07, 6.45) is 1.09. The van der Waals surface area contributed by atoms with Crippen LogP contribution >= 0.6 is 11.8 Å². The Hall–Kier alpha value is -1.58. The van der Waals surface area contributed by atoms with E-state index in [2.05, 4.69) is 26.7 Å². The molecule has 0 bridgehead atoms. The fraction of sp³-hybridized carbons (Fsp3) is 0.667. The summed E-state index contributed by atoms with van der Waals surface area (Å²) in [6.45, 7) is 4.80. The van der Waals surface area contributed by atoms with Crippen molar-refractivity contribution in [3.63, 3.8) is 0 Å². The minimum Gasteiger partial charge on any atom is -0.381 e. The second kappa shape index (κ2) is 9.23. The lowest BCUT2D eigenvalue weighted by molar-refractivity contribution is -0.137. The van der Waals surface area contributed by atoms with Crippen LogP contribution < -0.4 is 0 Å². The van der Waals surface area contributed by atoms with E-state index in [1.807, 2.05) is 0 Å². The number of likely N-dealkylation sites (tertiary alicyclic amines) is 1. The van der Waals surface area contributed by atoms with Crippen LogP contribution in [0.5, 0.6) is 0 Å². The van der Waals surface area contributed by atoms with Crippen LogP contribution in [0.15, 0.2) is 29.4 Å². The molecule has 9 heteroatoms. The molecule has 3 heterocycles. The van der Waals surface area contributed by atoms with E-state index >= 15 is 0 Å². The second-order valence-electron chi connectivity index (χ2n) is 9.75. The third kappa shape index (κ3) is 4.95. The van der Waals surface area contributed by atoms with Crippen LogP contribution in [0.2, 0.25) is 0 Å². The van der Waals surface area contributed by atoms with Gasteiger partial charge in [-0.25, -0.2) is 0 Å². The molecule has 33 heavy (non-hydrogen) atoms. The van der Waals surface area contributed by atoms with Gasteiger partial charge in [-0.2, -0.15) is 13.2 Å². The van der Waals surface area contributed by atoms with Crippen LogP contribution in [-0.4, -0.2) is 58.3 Å². The largest absolute Gasteiger partial charge is 0.416 e. The predicted octanol–water partition coefficient (Wildman–Crippen LogP) is 5.09. The van der Waals surface area contributed by atoms with E-state index in [1.165, 1.54) is 12.1 Å². The maximum atomic E-state index is 12.8. The van der Waals surface area contributed by atoms with Crippen LogP contribution in [0.4, 0.5) is 13.2 Å². The molecule has 1 aromatic carbocycles. The summed E-state index contributed by atoms with van der Waals surface area (Å²) in [5, 5.41) is 9.84. The van der Waals surface area contributed by atoms with Crippen molar-refractivity contribution >= 4 is 11.8 Å². The number of thioether (sulfide) groups is 1. The second-order valence-corrected chi connectivity index (χ2v) is 10.8. The van der Waals surface area contributed by atoms with Gasteiger partial charge < -0.3 is 14.2 Å². The molecule has 0 radical (unpaired) electrons. The van der Waals surface area contributed by atoms with Gasteiger partial charge in [0.1, 0.15) is 5.82 Å². The molecule has 5 nitrogen and oxygen atoms in total. The molecule has 2 saturated heterocycles. The number of hydrogen-bond donors (Lipinski definition) is 0. The highest BCUT2D eigenvalue weighted by Gasteiger charge is 2.57. The molecule has 0 unspecified atom stereocenters. The molecular weight excluding hydrogens is 449 g/mol. The Morgan fingerprint density at radius 1 is 1.15 bits per heavy atom. The number of aromatic nitrogens is 3. The van der Waals surface area contributed by atoms with Gasteiger partial charge in [0.15, 0.2) is 5.16 Å². The molecular formula is C24H31F3N4OS. The summed E-state index contributed by atoms with van der Waals surface area (Å²) < 4.78 is 46.1. The molecule has 1 saturated carbocycles. The molecule has 5 rings (SSSR count). The van der Waals surface area contributed by atoms with Gasteiger partial charge in [-0.05, 0) is 74.2 Å². The molecule has 2 atom stereocenters. The minimum absolute atomic E-state index is 0.273. The molecule has 3 aliphatic rings. The Morgan fingerprint density at radius 3 is 2.64 bits per heavy atom. The number of ether oxygens (including phenoxy) is 1.